The average Bonchev–Trinajstić information content (AvgIpc) is 3.02. The van der Waals surface area contributed by atoms with Gasteiger partial charge in [-0.25, -0.2) is 13.8 Å². The quantitative estimate of drug-likeness (QED) is 0.440. The lowest BCUT2D eigenvalue weighted by Gasteiger charge is -2.12. The minimum atomic E-state index is -0.732. The van der Waals surface area contributed by atoms with Crippen LogP contribution in [0.5, 0.6) is 0 Å². The van der Waals surface area contributed by atoms with Crippen molar-refractivity contribution in [3.8, 4) is 11.3 Å². The summed E-state index contributed by atoms with van der Waals surface area (Å²) < 4.78 is 32.0. The fourth-order valence-corrected chi connectivity index (χ4v) is 3.73. The smallest absolute Gasteiger partial charge is 0.165 e. The van der Waals surface area contributed by atoms with Gasteiger partial charge in [0.2, 0.25) is 0 Å². The molecule has 158 valence electrons. The van der Waals surface area contributed by atoms with Crippen molar-refractivity contribution in [1.82, 2.24) is 9.38 Å². The normalized spacial score (nSPS) is 11.3. The Kier molecular flexibility index (Phi) is 6.44. The van der Waals surface area contributed by atoms with Gasteiger partial charge in [-0.15, -0.1) is 0 Å². The molecule has 1 aromatic carbocycles. The number of carbonyl (C=O) groups excluding carboxylic acids is 2. The Labute approximate surface area is 174 Å². The zero-order valence-electron chi connectivity index (χ0n) is 17.8. The van der Waals surface area contributed by atoms with Crippen LogP contribution in [0.3, 0.4) is 0 Å². The van der Waals surface area contributed by atoms with Crippen LogP contribution in [0.25, 0.3) is 16.9 Å². The molecule has 0 atom stereocenters. The van der Waals surface area contributed by atoms with E-state index < -0.39 is 17.4 Å². The van der Waals surface area contributed by atoms with Crippen molar-refractivity contribution >= 4 is 17.2 Å². The molecule has 6 heteroatoms. The average molecular weight is 412 g/mol. The summed E-state index contributed by atoms with van der Waals surface area (Å²) in [6.45, 7) is 7.09. The molecular formula is C24H26F2N2O2. The van der Waals surface area contributed by atoms with E-state index in [1.54, 1.807) is 10.6 Å². The Morgan fingerprint density at radius 2 is 1.77 bits per heavy atom. The summed E-state index contributed by atoms with van der Waals surface area (Å²) in [5.74, 6) is -1.86. The Morgan fingerprint density at radius 1 is 1.07 bits per heavy atom. The molecule has 0 spiro atoms. The number of aromatic nitrogens is 2. The van der Waals surface area contributed by atoms with Gasteiger partial charge in [0.1, 0.15) is 23.1 Å². The summed E-state index contributed by atoms with van der Waals surface area (Å²) >= 11 is 0. The highest BCUT2D eigenvalue weighted by molar-refractivity contribution is 5.97. The lowest BCUT2D eigenvalue weighted by atomic mass is 9.95. The zero-order chi connectivity index (χ0) is 22.0. The second-order valence-corrected chi connectivity index (χ2v) is 7.70. The van der Waals surface area contributed by atoms with Crippen molar-refractivity contribution < 1.29 is 18.4 Å². The first-order chi connectivity index (χ1) is 14.3. The number of halogens is 2. The fraction of sp³-hybridized carbons (Fsp3) is 0.375. The van der Waals surface area contributed by atoms with Crippen molar-refractivity contribution in [2.24, 2.45) is 0 Å². The molecule has 30 heavy (non-hydrogen) atoms. The van der Waals surface area contributed by atoms with Gasteiger partial charge >= 0.3 is 0 Å². The maximum atomic E-state index is 15.2. The third-order valence-electron chi connectivity index (χ3n) is 5.24. The molecule has 3 aromatic rings. The van der Waals surface area contributed by atoms with Crippen molar-refractivity contribution in [3.05, 3.63) is 58.4 Å². The highest BCUT2D eigenvalue weighted by Crippen LogP contribution is 2.34. The molecule has 0 saturated heterocycles. The van der Waals surface area contributed by atoms with E-state index in [2.05, 4.69) is 4.98 Å². The number of fused-ring (bicyclic) bond motifs is 1. The Bertz CT molecular complexity index is 1130. The van der Waals surface area contributed by atoms with Gasteiger partial charge in [0.05, 0.1) is 17.0 Å². The van der Waals surface area contributed by atoms with Gasteiger partial charge in [-0.2, -0.15) is 0 Å². The summed E-state index contributed by atoms with van der Waals surface area (Å²) in [5, 5.41) is 0. The molecular weight excluding hydrogens is 386 g/mol. The Balaban J connectivity index is 2.24. The van der Waals surface area contributed by atoms with Gasteiger partial charge in [-0.1, -0.05) is 13.8 Å². The standard InChI is InChI=1S/C24H26F2N2O2/c1-5-7-16(29)12-19-24(27-21-11-14(3)9-10-28(19)21)22-15(4)23(26)17(13-18(22)25)20(30)8-6-2/h9-11,13H,5-8,12H2,1-4H3. The number of ketones is 2. The van der Waals surface area contributed by atoms with Gasteiger partial charge in [0.25, 0.3) is 0 Å². The number of rotatable bonds is 8. The SMILES string of the molecule is CCCC(=O)Cc1c(-c2c(F)cc(C(=O)CCC)c(F)c2C)nc2cc(C)ccn12. The van der Waals surface area contributed by atoms with Crippen LogP contribution < -0.4 is 0 Å². The summed E-state index contributed by atoms with van der Waals surface area (Å²) in [5.41, 5.74) is 2.09. The third kappa shape index (κ3) is 4.04. The summed E-state index contributed by atoms with van der Waals surface area (Å²) in [4.78, 5) is 29.2. The molecule has 0 unspecified atom stereocenters. The van der Waals surface area contributed by atoms with Crippen LogP contribution >= 0.6 is 0 Å². The van der Waals surface area contributed by atoms with Crippen LogP contribution in [0.1, 0.15) is 66.7 Å². The van der Waals surface area contributed by atoms with Gasteiger partial charge in [0, 0.05) is 31.0 Å². The number of hydrogen-bond acceptors (Lipinski definition) is 3. The van der Waals surface area contributed by atoms with Gasteiger partial charge in [-0.3, -0.25) is 9.59 Å². The lowest BCUT2D eigenvalue weighted by molar-refractivity contribution is -0.118. The molecule has 0 saturated carbocycles. The van der Waals surface area contributed by atoms with Crippen LogP contribution in [-0.4, -0.2) is 21.0 Å². The molecule has 0 bridgehead atoms. The molecule has 0 radical (unpaired) electrons. The number of carbonyl (C=O) groups is 2. The van der Waals surface area contributed by atoms with E-state index >= 15 is 8.78 Å². The second kappa shape index (κ2) is 8.86. The van der Waals surface area contributed by atoms with Gasteiger partial charge in [0.15, 0.2) is 5.78 Å². The first-order valence-corrected chi connectivity index (χ1v) is 10.3. The number of imidazole rings is 1. The first kappa shape index (κ1) is 21.8. The van der Waals surface area contributed by atoms with Crippen LogP contribution in [-0.2, 0) is 11.2 Å². The van der Waals surface area contributed by atoms with Gasteiger partial charge < -0.3 is 4.40 Å². The Hall–Kier alpha value is -2.89. The van der Waals surface area contributed by atoms with E-state index in [4.69, 9.17) is 0 Å². The molecule has 2 aromatic heterocycles. The molecule has 0 aliphatic heterocycles. The highest BCUT2D eigenvalue weighted by Gasteiger charge is 2.25. The number of hydrogen-bond donors (Lipinski definition) is 0. The second-order valence-electron chi connectivity index (χ2n) is 7.70. The lowest BCUT2D eigenvalue weighted by Crippen LogP contribution is -2.09. The van der Waals surface area contributed by atoms with E-state index in [1.807, 2.05) is 32.9 Å². The number of aryl methyl sites for hydroxylation is 1. The van der Waals surface area contributed by atoms with Crippen LogP contribution in [0, 0.1) is 25.5 Å². The Morgan fingerprint density at radius 3 is 2.43 bits per heavy atom. The minimum Gasteiger partial charge on any atom is -0.303 e. The van der Waals surface area contributed by atoms with Crippen LogP contribution in [0.2, 0.25) is 0 Å². The predicted molar refractivity (Wildman–Crippen MR) is 113 cm³/mol. The molecule has 0 fully saturated rings. The van der Waals surface area contributed by atoms with Crippen molar-refractivity contribution in [1.29, 1.82) is 0 Å². The maximum Gasteiger partial charge on any atom is 0.165 e. The van der Waals surface area contributed by atoms with Crippen molar-refractivity contribution in [3.63, 3.8) is 0 Å². The predicted octanol–water partition coefficient (Wildman–Crippen LogP) is 5.79. The maximum absolute atomic E-state index is 15.2. The fourth-order valence-electron chi connectivity index (χ4n) is 3.73. The number of pyridine rings is 1. The molecule has 0 aliphatic rings. The monoisotopic (exact) mass is 412 g/mol. The number of nitrogens with zero attached hydrogens (tertiary/aromatic N) is 2. The minimum absolute atomic E-state index is 0.00111. The summed E-state index contributed by atoms with van der Waals surface area (Å²) in [6.07, 6.45) is 3.68. The largest absolute Gasteiger partial charge is 0.303 e. The van der Waals surface area contributed by atoms with Crippen molar-refractivity contribution in [2.45, 2.75) is 59.8 Å². The first-order valence-electron chi connectivity index (χ1n) is 10.3. The van der Waals surface area contributed by atoms with Gasteiger partial charge in [-0.05, 0) is 56.0 Å². The van der Waals surface area contributed by atoms with E-state index in [1.165, 1.54) is 6.92 Å². The third-order valence-corrected chi connectivity index (χ3v) is 5.24. The molecule has 0 N–H and O–H groups in total. The van der Waals surface area contributed by atoms with E-state index in [0.717, 1.165) is 11.6 Å². The van der Waals surface area contributed by atoms with Crippen LogP contribution in [0.15, 0.2) is 24.4 Å². The van der Waals surface area contributed by atoms with E-state index in [-0.39, 0.29) is 41.0 Å². The van der Waals surface area contributed by atoms with Crippen molar-refractivity contribution in [2.75, 3.05) is 0 Å². The summed E-state index contributed by atoms with van der Waals surface area (Å²) in [7, 11) is 0. The van der Waals surface area contributed by atoms with Crippen LogP contribution in [0.4, 0.5) is 8.78 Å². The molecule has 4 nitrogen and oxygen atoms in total. The molecule has 0 amide bonds. The number of benzene rings is 1. The van der Waals surface area contributed by atoms with E-state index in [0.29, 0.717) is 30.6 Å². The topological polar surface area (TPSA) is 51.4 Å². The number of Topliss-reactive ketones (excluding diaryl/α,β-unsaturated/α-hetero) is 2. The molecule has 3 rings (SSSR count). The molecule has 0 aliphatic carbocycles. The highest BCUT2D eigenvalue weighted by atomic mass is 19.1. The van der Waals surface area contributed by atoms with E-state index in [9.17, 15) is 9.59 Å². The zero-order valence-corrected chi connectivity index (χ0v) is 17.8. The summed E-state index contributed by atoms with van der Waals surface area (Å²) in [6, 6.07) is 4.67. The molecule has 2 heterocycles.